The van der Waals surface area contributed by atoms with Gasteiger partial charge in [-0.05, 0) is 74.4 Å². The Balaban J connectivity index is 1.23. The number of hydrogen-bond donors (Lipinski definition) is 0. The molecule has 2 aliphatic rings. The van der Waals surface area contributed by atoms with Crippen molar-refractivity contribution in [3.8, 4) is 5.75 Å². The molecule has 4 rings (SSSR count). The fourth-order valence-electron chi connectivity index (χ4n) is 4.27. The Morgan fingerprint density at radius 1 is 1.18 bits per heavy atom. The SMILES string of the molecule is CCO/N=C1\CCc2cc(OCCC(C)CCN3CCN(c4ccnc(Cl)c4)S3(=O)=O)ccc21. The first-order chi connectivity index (χ1) is 16.4. The molecule has 0 spiro atoms. The number of rotatable bonds is 10. The number of hydrogen-bond acceptors (Lipinski definition) is 6. The second-order valence-corrected chi connectivity index (χ2v) is 10.9. The van der Waals surface area contributed by atoms with E-state index in [9.17, 15) is 8.42 Å². The van der Waals surface area contributed by atoms with Crippen molar-refractivity contribution in [1.29, 1.82) is 0 Å². The van der Waals surface area contributed by atoms with E-state index in [1.807, 2.05) is 13.0 Å². The van der Waals surface area contributed by atoms with E-state index in [2.05, 4.69) is 29.2 Å². The Hall–Kier alpha value is -2.36. The number of anilines is 1. The molecular formula is C24H31ClN4O4S. The predicted octanol–water partition coefficient (Wildman–Crippen LogP) is 4.28. The van der Waals surface area contributed by atoms with Gasteiger partial charge in [0.15, 0.2) is 0 Å². The molecule has 34 heavy (non-hydrogen) atoms. The van der Waals surface area contributed by atoms with Gasteiger partial charge in [-0.25, -0.2) is 4.98 Å². The van der Waals surface area contributed by atoms with Gasteiger partial charge in [-0.2, -0.15) is 12.7 Å². The highest BCUT2D eigenvalue weighted by molar-refractivity contribution is 7.90. The van der Waals surface area contributed by atoms with Crippen molar-refractivity contribution in [3.63, 3.8) is 0 Å². The molecule has 2 heterocycles. The molecule has 1 aliphatic carbocycles. The van der Waals surface area contributed by atoms with E-state index in [4.69, 9.17) is 21.2 Å². The van der Waals surface area contributed by atoms with Crippen LogP contribution in [0.15, 0.2) is 41.7 Å². The van der Waals surface area contributed by atoms with Gasteiger partial charge in [0.05, 0.1) is 18.0 Å². The fourth-order valence-corrected chi connectivity index (χ4v) is 6.06. The highest BCUT2D eigenvalue weighted by atomic mass is 35.5. The van der Waals surface area contributed by atoms with E-state index in [-0.39, 0.29) is 5.15 Å². The zero-order chi connectivity index (χ0) is 24.1. The lowest BCUT2D eigenvalue weighted by Crippen LogP contribution is -2.34. The summed E-state index contributed by atoms with van der Waals surface area (Å²) in [6.07, 6.45) is 4.98. The molecule has 2 aromatic rings. The monoisotopic (exact) mass is 506 g/mol. The van der Waals surface area contributed by atoms with Crippen molar-refractivity contribution in [3.05, 3.63) is 52.8 Å². The number of fused-ring (bicyclic) bond motifs is 1. The molecule has 1 aliphatic heterocycles. The second-order valence-electron chi connectivity index (χ2n) is 8.62. The molecular weight excluding hydrogens is 476 g/mol. The summed E-state index contributed by atoms with van der Waals surface area (Å²) in [5, 5.41) is 4.48. The Bertz CT molecular complexity index is 1140. The standard InChI is InChI=1S/C24H31ClN4O4S/c1-3-33-27-23-7-4-19-16-21(5-6-22(19)23)32-15-10-18(2)9-12-28-13-14-29(34(28,30)31)20-8-11-26-24(25)17-20/h5-6,8,11,16-18H,3-4,7,9-10,12-15H2,1-2H3/b27-23+. The number of ether oxygens (including phenoxy) is 1. The van der Waals surface area contributed by atoms with Crippen LogP contribution in [0, 0.1) is 5.92 Å². The minimum Gasteiger partial charge on any atom is -0.494 e. The van der Waals surface area contributed by atoms with Gasteiger partial charge in [0.25, 0.3) is 0 Å². The Morgan fingerprint density at radius 2 is 2.03 bits per heavy atom. The maximum absolute atomic E-state index is 12.9. The van der Waals surface area contributed by atoms with E-state index in [0.29, 0.717) is 44.5 Å². The summed E-state index contributed by atoms with van der Waals surface area (Å²) in [6.45, 7) is 6.58. The lowest BCUT2D eigenvalue weighted by Gasteiger charge is -2.21. The minimum absolute atomic E-state index is 0.280. The fraction of sp³-hybridized carbons (Fsp3) is 0.500. The number of pyridine rings is 1. The van der Waals surface area contributed by atoms with Crippen molar-refractivity contribution in [2.24, 2.45) is 11.1 Å². The van der Waals surface area contributed by atoms with Crippen LogP contribution >= 0.6 is 11.6 Å². The summed E-state index contributed by atoms with van der Waals surface area (Å²) in [5.74, 6) is 1.19. The Labute approximate surface area is 206 Å². The molecule has 1 aromatic heterocycles. The van der Waals surface area contributed by atoms with Crippen molar-refractivity contribution in [2.45, 2.75) is 39.5 Å². The zero-order valence-electron chi connectivity index (χ0n) is 19.6. The van der Waals surface area contributed by atoms with Gasteiger partial charge in [-0.1, -0.05) is 23.7 Å². The summed E-state index contributed by atoms with van der Waals surface area (Å²) < 4.78 is 34.8. The lowest BCUT2D eigenvalue weighted by atomic mass is 10.0. The quantitative estimate of drug-likeness (QED) is 0.354. The van der Waals surface area contributed by atoms with Crippen molar-refractivity contribution in [2.75, 3.05) is 37.2 Å². The Morgan fingerprint density at radius 3 is 2.82 bits per heavy atom. The van der Waals surface area contributed by atoms with Crippen LogP contribution in [-0.2, 0) is 21.5 Å². The van der Waals surface area contributed by atoms with E-state index in [1.165, 1.54) is 16.1 Å². The summed E-state index contributed by atoms with van der Waals surface area (Å²) in [6, 6.07) is 9.36. The molecule has 0 N–H and O–H groups in total. The molecule has 1 atom stereocenters. The van der Waals surface area contributed by atoms with E-state index in [1.54, 1.807) is 16.4 Å². The molecule has 10 heteroatoms. The van der Waals surface area contributed by atoms with Crippen LogP contribution in [0.4, 0.5) is 5.69 Å². The van der Waals surface area contributed by atoms with Crippen molar-refractivity contribution < 1.29 is 18.0 Å². The maximum Gasteiger partial charge on any atom is 0.304 e. The highest BCUT2D eigenvalue weighted by Gasteiger charge is 2.36. The van der Waals surface area contributed by atoms with Gasteiger partial charge in [-0.3, -0.25) is 4.31 Å². The van der Waals surface area contributed by atoms with Gasteiger partial charge < -0.3 is 9.57 Å². The summed E-state index contributed by atoms with van der Waals surface area (Å²) in [4.78, 5) is 9.13. The first-order valence-corrected chi connectivity index (χ1v) is 13.5. The molecule has 1 unspecified atom stereocenters. The lowest BCUT2D eigenvalue weighted by molar-refractivity contribution is 0.158. The average Bonchev–Trinajstić information content (AvgIpc) is 3.35. The van der Waals surface area contributed by atoms with E-state index in [0.717, 1.165) is 42.7 Å². The van der Waals surface area contributed by atoms with Crippen LogP contribution in [0.5, 0.6) is 5.75 Å². The van der Waals surface area contributed by atoms with Crippen LogP contribution in [0.25, 0.3) is 0 Å². The molecule has 0 radical (unpaired) electrons. The zero-order valence-corrected chi connectivity index (χ0v) is 21.2. The Kier molecular flexibility index (Phi) is 7.95. The third kappa shape index (κ3) is 5.64. The smallest absolute Gasteiger partial charge is 0.304 e. The van der Waals surface area contributed by atoms with E-state index < -0.39 is 10.2 Å². The summed E-state index contributed by atoms with van der Waals surface area (Å²) in [7, 11) is -3.54. The molecule has 1 saturated heterocycles. The molecule has 0 bridgehead atoms. The first-order valence-electron chi connectivity index (χ1n) is 11.7. The molecule has 8 nitrogen and oxygen atoms in total. The summed E-state index contributed by atoms with van der Waals surface area (Å²) >= 11 is 5.93. The minimum atomic E-state index is -3.54. The van der Waals surface area contributed by atoms with Crippen LogP contribution in [0.1, 0.15) is 44.2 Å². The highest BCUT2D eigenvalue weighted by Crippen LogP contribution is 2.28. The number of oxime groups is 1. The third-order valence-electron chi connectivity index (χ3n) is 6.23. The van der Waals surface area contributed by atoms with Crippen LogP contribution < -0.4 is 9.04 Å². The van der Waals surface area contributed by atoms with Crippen molar-refractivity contribution in [1.82, 2.24) is 9.29 Å². The largest absolute Gasteiger partial charge is 0.494 e. The normalized spacial score (nSPS) is 19.4. The topological polar surface area (TPSA) is 84.3 Å². The van der Waals surface area contributed by atoms with Gasteiger partial charge in [0.1, 0.15) is 17.5 Å². The first kappa shape index (κ1) is 24.8. The van der Waals surface area contributed by atoms with Gasteiger partial charge in [0.2, 0.25) is 0 Å². The molecule has 1 fully saturated rings. The number of benzene rings is 1. The van der Waals surface area contributed by atoms with Gasteiger partial charge in [0, 0.05) is 31.4 Å². The predicted molar refractivity (Wildman–Crippen MR) is 134 cm³/mol. The molecule has 1 aromatic carbocycles. The second kappa shape index (κ2) is 10.9. The van der Waals surface area contributed by atoms with Crippen LogP contribution in [-0.4, -0.2) is 56.3 Å². The van der Waals surface area contributed by atoms with Gasteiger partial charge in [-0.15, -0.1) is 0 Å². The average molecular weight is 507 g/mol. The number of aromatic nitrogens is 1. The summed E-state index contributed by atoms with van der Waals surface area (Å²) in [5.41, 5.74) is 3.93. The van der Waals surface area contributed by atoms with Crippen LogP contribution in [0.2, 0.25) is 5.15 Å². The molecule has 184 valence electrons. The van der Waals surface area contributed by atoms with Crippen LogP contribution in [0.3, 0.4) is 0 Å². The third-order valence-corrected chi connectivity index (χ3v) is 8.40. The van der Waals surface area contributed by atoms with Gasteiger partial charge >= 0.3 is 10.2 Å². The van der Waals surface area contributed by atoms with E-state index >= 15 is 0 Å². The number of halogens is 1. The number of aryl methyl sites for hydroxylation is 1. The van der Waals surface area contributed by atoms with Crippen molar-refractivity contribution >= 4 is 33.2 Å². The number of nitrogens with zero attached hydrogens (tertiary/aromatic N) is 4. The molecule has 0 amide bonds. The molecule has 0 saturated carbocycles. The maximum atomic E-state index is 12.9.